The summed E-state index contributed by atoms with van der Waals surface area (Å²) in [6, 6.07) is 3.87. The van der Waals surface area contributed by atoms with Gasteiger partial charge in [0.25, 0.3) is 0 Å². The van der Waals surface area contributed by atoms with Gasteiger partial charge in [-0.2, -0.15) is 0 Å². The van der Waals surface area contributed by atoms with Crippen molar-refractivity contribution in [2.24, 2.45) is 0 Å². The third-order valence-corrected chi connectivity index (χ3v) is 10.1. The summed E-state index contributed by atoms with van der Waals surface area (Å²) in [6.07, 6.45) is 5.23. The summed E-state index contributed by atoms with van der Waals surface area (Å²) < 4.78 is 35.4. The first-order valence-electron chi connectivity index (χ1n) is 14.6. The number of hydrogen-bond donors (Lipinski definition) is 0. The van der Waals surface area contributed by atoms with Crippen LogP contribution in [-0.4, -0.2) is 102 Å². The standard InChI is InChI=1S/C31H42N4O6S2/c1-36-22-18-20-30(28(40-5)26(22)38-3)42-24(32-20)10-7-12-34-14-9-15-35(17-16-34)13-8-11-25-33-21-19-23(37-2)27(39-4)29(41-6)31(21)43-25/h18-19H,7-17H2,1-6H3. The highest BCUT2D eigenvalue weighted by atomic mass is 32.1. The molecule has 1 aliphatic heterocycles. The van der Waals surface area contributed by atoms with E-state index in [1.54, 1.807) is 65.3 Å². The molecule has 43 heavy (non-hydrogen) atoms. The van der Waals surface area contributed by atoms with Crippen LogP contribution < -0.4 is 28.4 Å². The van der Waals surface area contributed by atoms with Gasteiger partial charge in [-0.15, -0.1) is 22.7 Å². The van der Waals surface area contributed by atoms with Crippen molar-refractivity contribution < 1.29 is 28.4 Å². The average Bonchev–Trinajstić information content (AvgIpc) is 3.55. The minimum atomic E-state index is 0.614. The first-order valence-corrected chi connectivity index (χ1v) is 16.3. The Morgan fingerprint density at radius 3 is 1.37 bits per heavy atom. The Morgan fingerprint density at radius 2 is 1.00 bits per heavy atom. The topological polar surface area (TPSA) is 87.6 Å². The normalized spacial score (nSPS) is 14.7. The van der Waals surface area contributed by atoms with E-state index in [0.29, 0.717) is 34.5 Å². The van der Waals surface area contributed by atoms with E-state index in [1.165, 1.54) is 6.42 Å². The SMILES string of the molecule is COc1cc2nc(CCCN3CCCN(CCCc4nc5cc(OC)c(OC)c(OC)c5s4)CC3)sc2c(OC)c1OC. The van der Waals surface area contributed by atoms with Gasteiger partial charge in [-0.05, 0) is 45.4 Å². The molecule has 0 spiro atoms. The van der Waals surface area contributed by atoms with E-state index in [2.05, 4.69) is 9.80 Å². The quantitative estimate of drug-likeness (QED) is 0.177. The summed E-state index contributed by atoms with van der Waals surface area (Å²) in [7, 11) is 9.85. The number of ether oxygens (including phenoxy) is 6. The van der Waals surface area contributed by atoms with Crippen LogP contribution in [0, 0.1) is 0 Å². The lowest BCUT2D eigenvalue weighted by atomic mass is 10.2. The van der Waals surface area contributed by atoms with Crippen molar-refractivity contribution in [2.75, 3.05) is 81.9 Å². The summed E-state index contributed by atoms with van der Waals surface area (Å²) in [4.78, 5) is 14.9. The van der Waals surface area contributed by atoms with Crippen molar-refractivity contribution in [3.05, 3.63) is 22.1 Å². The number of thiazole rings is 2. The summed E-state index contributed by atoms with van der Waals surface area (Å²) in [5, 5.41) is 2.23. The van der Waals surface area contributed by atoms with Crippen LogP contribution in [0.4, 0.5) is 0 Å². The second kappa shape index (κ2) is 14.6. The van der Waals surface area contributed by atoms with E-state index in [-0.39, 0.29) is 0 Å². The minimum absolute atomic E-state index is 0.614. The molecular weight excluding hydrogens is 588 g/mol. The van der Waals surface area contributed by atoms with Crippen LogP contribution >= 0.6 is 22.7 Å². The lowest BCUT2D eigenvalue weighted by molar-refractivity contribution is 0.253. The van der Waals surface area contributed by atoms with Gasteiger partial charge in [-0.1, -0.05) is 0 Å². The lowest BCUT2D eigenvalue weighted by Crippen LogP contribution is -2.32. The zero-order chi connectivity index (χ0) is 30.3. The van der Waals surface area contributed by atoms with Crippen LogP contribution in [0.2, 0.25) is 0 Å². The Kier molecular flexibility index (Phi) is 10.7. The Hall–Kier alpha value is -3.06. The summed E-state index contributed by atoms with van der Waals surface area (Å²) in [5.74, 6) is 3.89. The molecule has 3 heterocycles. The molecule has 0 unspecified atom stereocenters. The van der Waals surface area contributed by atoms with Crippen molar-refractivity contribution in [1.82, 2.24) is 19.8 Å². The fraction of sp³-hybridized carbons (Fsp3) is 0.548. The molecule has 0 atom stereocenters. The van der Waals surface area contributed by atoms with Gasteiger partial charge in [-0.3, -0.25) is 0 Å². The largest absolute Gasteiger partial charge is 0.493 e. The number of aryl methyl sites for hydroxylation is 2. The van der Waals surface area contributed by atoms with Gasteiger partial charge in [0, 0.05) is 38.1 Å². The Balaban J connectivity index is 1.10. The van der Waals surface area contributed by atoms with Gasteiger partial charge in [-0.25, -0.2) is 9.97 Å². The first-order chi connectivity index (χ1) is 21.0. The third-order valence-electron chi connectivity index (χ3n) is 7.87. The third kappa shape index (κ3) is 6.87. The molecule has 4 aromatic rings. The molecule has 0 saturated carbocycles. The number of fused-ring (bicyclic) bond motifs is 2. The number of aromatic nitrogens is 2. The zero-order valence-corrected chi connectivity index (χ0v) is 27.6. The molecule has 234 valence electrons. The minimum Gasteiger partial charge on any atom is -0.493 e. The van der Waals surface area contributed by atoms with E-state index < -0.39 is 0 Å². The van der Waals surface area contributed by atoms with Crippen LogP contribution in [0.15, 0.2) is 12.1 Å². The highest BCUT2D eigenvalue weighted by molar-refractivity contribution is 7.19. The maximum atomic E-state index is 5.66. The van der Waals surface area contributed by atoms with Crippen molar-refractivity contribution in [1.29, 1.82) is 0 Å². The summed E-state index contributed by atoms with van der Waals surface area (Å²) in [6.45, 7) is 6.63. The molecular formula is C31H42N4O6S2. The second-order valence-corrected chi connectivity index (χ2v) is 12.6. The van der Waals surface area contributed by atoms with E-state index in [4.69, 9.17) is 38.4 Å². The molecule has 0 amide bonds. The van der Waals surface area contributed by atoms with Crippen LogP contribution in [0.1, 0.15) is 29.3 Å². The van der Waals surface area contributed by atoms with Crippen molar-refractivity contribution in [3.8, 4) is 34.5 Å². The Bertz CT molecular complexity index is 1410. The van der Waals surface area contributed by atoms with E-state index in [1.807, 2.05) is 12.1 Å². The van der Waals surface area contributed by atoms with Crippen molar-refractivity contribution >= 4 is 43.1 Å². The molecule has 1 fully saturated rings. The second-order valence-electron chi connectivity index (χ2n) is 10.4. The Morgan fingerprint density at radius 1 is 0.581 bits per heavy atom. The van der Waals surface area contributed by atoms with E-state index in [9.17, 15) is 0 Å². The summed E-state index contributed by atoms with van der Waals surface area (Å²) >= 11 is 3.36. The van der Waals surface area contributed by atoms with Crippen LogP contribution in [-0.2, 0) is 12.8 Å². The highest BCUT2D eigenvalue weighted by Gasteiger charge is 2.21. The molecule has 0 radical (unpaired) electrons. The molecule has 1 aliphatic rings. The van der Waals surface area contributed by atoms with Crippen LogP contribution in [0.25, 0.3) is 20.4 Å². The molecule has 5 rings (SSSR count). The van der Waals surface area contributed by atoms with Crippen molar-refractivity contribution in [2.45, 2.75) is 32.1 Å². The molecule has 10 nitrogen and oxygen atoms in total. The fourth-order valence-electron chi connectivity index (χ4n) is 5.74. The predicted octanol–water partition coefficient (Wildman–Crippen LogP) is 5.53. The molecule has 2 aromatic carbocycles. The molecule has 1 saturated heterocycles. The van der Waals surface area contributed by atoms with Crippen LogP contribution in [0.3, 0.4) is 0 Å². The maximum absolute atomic E-state index is 5.66. The fourth-order valence-corrected chi connectivity index (χ4v) is 7.95. The molecule has 0 bridgehead atoms. The molecule has 0 N–H and O–H groups in total. The van der Waals surface area contributed by atoms with E-state index >= 15 is 0 Å². The monoisotopic (exact) mass is 630 g/mol. The highest BCUT2D eigenvalue weighted by Crippen LogP contribution is 2.46. The van der Waals surface area contributed by atoms with Gasteiger partial charge in [0.05, 0.1) is 63.7 Å². The van der Waals surface area contributed by atoms with Gasteiger partial charge < -0.3 is 38.2 Å². The number of methoxy groups -OCH3 is 6. The lowest BCUT2D eigenvalue weighted by Gasteiger charge is -2.21. The predicted molar refractivity (Wildman–Crippen MR) is 173 cm³/mol. The van der Waals surface area contributed by atoms with Gasteiger partial charge in [0.1, 0.15) is 9.40 Å². The number of benzene rings is 2. The smallest absolute Gasteiger partial charge is 0.204 e. The molecule has 12 heteroatoms. The van der Waals surface area contributed by atoms with Gasteiger partial charge >= 0.3 is 0 Å². The van der Waals surface area contributed by atoms with E-state index in [0.717, 1.165) is 95.4 Å². The maximum Gasteiger partial charge on any atom is 0.204 e. The zero-order valence-electron chi connectivity index (χ0n) is 26.0. The van der Waals surface area contributed by atoms with Gasteiger partial charge in [0.15, 0.2) is 23.0 Å². The van der Waals surface area contributed by atoms with Crippen molar-refractivity contribution in [3.63, 3.8) is 0 Å². The van der Waals surface area contributed by atoms with Crippen LogP contribution in [0.5, 0.6) is 34.5 Å². The number of rotatable bonds is 14. The molecule has 0 aliphatic carbocycles. The summed E-state index contributed by atoms with van der Waals surface area (Å²) in [5.41, 5.74) is 1.79. The average molecular weight is 631 g/mol. The number of nitrogens with zero attached hydrogens (tertiary/aromatic N) is 4. The molecule has 2 aromatic heterocycles. The first kappa shape index (κ1) is 31.4. The van der Waals surface area contributed by atoms with Gasteiger partial charge in [0.2, 0.25) is 11.5 Å². The Labute approximate surface area is 261 Å². The number of hydrogen-bond acceptors (Lipinski definition) is 12.